The fourth-order valence-corrected chi connectivity index (χ4v) is 1.90. The molecule has 6 heteroatoms. The third-order valence-electron chi connectivity index (χ3n) is 2.90. The van der Waals surface area contributed by atoms with Crippen molar-refractivity contribution in [3.8, 4) is 22.6 Å². The highest BCUT2D eigenvalue weighted by Gasteiger charge is 2.09. The van der Waals surface area contributed by atoms with Crippen LogP contribution in [0.15, 0.2) is 41.5 Å². The Hall–Kier alpha value is -2.85. The Balaban J connectivity index is 2.55. The molecule has 0 aliphatic carbocycles. The van der Waals surface area contributed by atoms with E-state index in [2.05, 4.69) is 10.0 Å². The van der Waals surface area contributed by atoms with Crippen LogP contribution in [0.3, 0.4) is 0 Å². The number of ether oxygens (including phenoxy) is 2. The minimum atomic E-state index is 0.401. The van der Waals surface area contributed by atoms with E-state index < -0.39 is 0 Å². The summed E-state index contributed by atoms with van der Waals surface area (Å²) in [6, 6.07) is 10.7. The van der Waals surface area contributed by atoms with Gasteiger partial charge in [-0.3, -0.25) is 0 Å². The van der Waals surface area contributed by atoms with Gasteiger partial charge in [-0.1, -0.05) is 11.2 Å². The van der Waals surface area contributed by atoms with E-state index in [-0.39, 0.29) is 0 Å². The number of rotatable bonds is 4. The molecule has 0 fully saturated rings. The van der Waals surface area contributed by atoms with Gasteiger partial charge in [-0.05, 0) is 41.4 Å². The first-order valence-electron chi connectivity index (χ1n) is 5.86. The fraction of sp³-hybridized carbons (Fsp3) is 0.143. The monoisotopic (exact) mass is 270 g/mol. The molecule has 0 aliphatic heterocycles. The maximum atomic E-state index is 8.45. The van der Waals surface area contributed by atoms with Gasteiger partial charge in [0, 0.05) is 16.2 Å². The highest BCUT2D eigenvalue weighted by molar-refractivity contribution is 5.78. The summed E-state index contributed by atoms with van der Waals surface area (Å²) in [5, 5.41) is 3.52. The normalized spacial score (nSPS) is 9.70. The summed E-state index contributed by atoms with van der Waals surface area (Å²) in [6.07, 6.45) is 0. The van der Waals surface area contributed by atoms with Crippen molar-refractivity contribution in [2.24, 2.45) is 5.11 Å². The van der Waals surface area contributed by atoms with Gasteiger partial charge in [0.15, 0.2) is 0 Å². The molecule has 0 heterocycles. The van der Waals surface area contributed by atoms with Crippen molar-refractivity contribution in [2.45, 2.75) is 0 Å². The van der Waals surface area contributed by atoms with E-state index in [1.54, 1.807) is 26.4 Å². The number of nitrogen functional groups attached to an aromatic ring is 1. The largest absolute Gasteiger partial charge is 0.497 e. The van der Waals surface area contributed by atoms with Crippen LogP contribution in [0.4, 0.5) is 11.4 Å². The van der Waals surface area contributed by atoms with Crippen LogP contribution in [-0.2, 0) is 0 Å². The molecule has 20 heavy (non-hydrogen) atoms. The maximum absolute atomic E-state index is 8.45. The summed E-state index contributed by atoms with van der Waals surface area (Å²) in [5.74, 6) is 1.43. The molecule has 0 aliphatic rings. The molecular formula is C14H14N4O2. The van der Waals surface area contributed by atoms with Gasteiger partial charge >= 0.3 is 0 Å². The highest BCUT2D eigenvalue weighted by atomic mass is 16.5. The van der Waals surface area contributed by atoms with E-state index in [4.69, 9.17) is 20.7 Å². The third kappa shape index (κ3) is 2.60. The molecule has 0 atom stereocenters. The zero-order valence-corrected chi connectivity index (χ0v) is 11.2. The van der Waals surface area contributed by atoms with Crippen LogP contribution in [0, 0.1) is 0 Å². The lowest BCUT2D eigenvalue weighted by atomic mass is 10.0. The van der Waals surface area contributed by atoms with E-state index in [9.17, 15) is 0 Å². The van der Waals surface area contributed by atoms with Crippen molar-refractivity contribution in [2.75, 3.05) is 20.0 Å². The summed E-state index contributed by atoms with van der Waals surface area (Å²) in [7, 11) is 3.20. The Morgan fingerprint density at radius 3 is 2.50 bits per heavy atom. The zero-order chi connectivity index (χ0) is 14.5. The Kier molecular flexibility index (Phi) is 3.98. The minimum Gasteiger partial charge on any atom is -0.497 e. The number of nitrogens with zero attached hydrogens (tertiary/aromatic N) is 3. The lowest BCUT2D eigenvalue weighted by molar-refractivity contribution is 0.404. The topological polar surface area (TPSA) is 93.2 Å². The first-order valence-corrected chi connectivity index (χ1v) is 5.86. The van der Waals surface area contributed by atoms with Gasteiger partial charge in [0.05, 0.1) is 19.9 Å². The average molecular weight is 270 g/mol. The smallest absolute Gasteiger partial charge is 0.126 e. The van der Waals surface area contributed by atoms with E-state index in [0.29, 0.717) is 17.1 Å². The van der Waals surface area contributed by atoms with Gasteiger partial charge in [-0.15, -0.1) is 0 Å². The van der Waals surface area contributed by atoms with Crippen LogP contribution in [-0.4, -0.2) is 14.2 Å². The molecule has 0 saturated heterocycles. The first-order chi connectivity index (χ1) is 9.69. The maximum Gasteiger partial charge on any atom is 0.126 e. The Bertz CT molecular complexity index is 679. The number of hydrogen-bond acceptors (Lipinski definition) is 4. The fourth-order valence-electron chi connectivity index (χ4n) is 1.90. The van der Waals surface area contributed by atoms with Gasteiger partial charge in [0.25, 0.3) is 0 Å². The molecule has 0 aromatic heterocycles. The van der Waals surface area contributed by atoms with Crippen LogP contribution in [0.25, 0.3) is 21.6 Å². The molecule has 0 saturated carbocycles. The van der Waals surface area contributed by atoms with E-state index >= 15 is 0 Å². The number of azide groups is 1. The van der Waals surface area contributed by atoms with Crippen LogP contribution in [0.5, 0.6) is 11.5 Å². The lowest BCUT2D eigenvalue weighted by Gasteiger charge is -2.11. The van der Waals surface area contributed by atoms with Gasteiger partial charge in [-0.25, -0.2) is 0 Å². The Morgan fingerprint density at radius 2 is 1.90 bits per heavy atom. The quantitative estimate of drug-likeness (QED) is 0.395. The molecule has 0 unspecified atom stereocenters. The number of benzene rings is 2. The summed E-state index contributed by atoms with van der Waals surface area (Å²) >= 11 is 0. The van der Waals surface area contributed by atoms with Crippen LogP contribution in [0.2, 0.25) is 0 Å². The van der Waals surface area contributed by atoms with Crippen molar-refractivity contribution in [1.29, 1.82) is 0 Å². The zero-order valence-electron chi connectivity index (χ0n) is 11.2. The van der Waals surface area contributed by atoms with Crippen molar-refractivity contribution in [1.82, 2.24) is 0 Å². The summed E-state index contributed by atoms with van der Waals surface area (Å²) in [4.78, 5) is 2.73. The highest BCUT2D eigenvalue weighted by Crippen LogP contribution is 2.36. The molecule has 6 nitrogen and oxygen atoms in total. The summed E-state index contributed by atoms with van der Waals surface area (Å²) in [6.45, 7) is 0. The van der Waals surface area contributed by atoms with Crippen molar-refractivity contribution < 1.29 is 9.47 Å². The number of hydrogen-bond donors (Lipinski definition) is 1. The van der Waals surface area contributed by atoms with Crippen LogP contribution >= 0.6 is 0 Å². The summed E-state index contributed by atoms with van der Waals surface area (Å²) < 4.78 is 10.6. The number of anilines is 1. The molecular weight excluding hydrogens is 256 g/mol. The second-order valence-electron chi connectivity index (χ2n) is 4.03. The van der Waals surface area contributed by atoms with Crippen molar-refractivity contribution in [3.05, 3.63) is 46.8 Å². The van der Waals surface area contributed by atoms with Crippen LogP contribution in [0.1, 0.15) is 0 Å². The van der Waals surface area contributed by atoms with E-state index in [0.717, 1.165) is 16.9 Å². The molecule has 0 amide bonds. The molecule has 102 valence electrons. The molecule has 2 N–H and O–H groups in total. The molecule has 2 aromatic rings. The number of methoxy groups -OCH3 is 2. The van der Waals surface area contributed by atoms with Gasteiger partial charge in [0.2, 0.25) is 0 Å². The molecule has 0 radical (unpaired) electrons. The van der Waals surface area contributed by atoms with Crippen LogP contribution < -0.4 is 15.2 Å². The minimum absolute atomic E-state index is 0.401. The predicted octanol–water partition coefficient (Wildman–Crippen LogP) is 3.89. The molecule has 0 spiro atoms. The van der Waals surface area contributed by atoms with Gasteiger partial charge in [0.1, 0.15) is 11.5 Å². The molecule has 2 rings (SSSR count). The average Bonchev–Trinajstić information content (AvgIpc) is 2.48. The van der Waals surface area contributed by atoms with Gasteiger partial charge < -0.3 is 15.2 Å². The van der Waals surface area contributed by atoms with E-state index in [1.807, 2.05) is 24.3 Å². The van der Waals surface area contributed by atoms with E-state index in [1.165, 1.54) is 0 Å². The number of nitrogens with two attached hydrogens (primary N) is 1. The third-order valence-corrected chi connectivity index (χ3v) is 2.90. The molecule has 2 aromatic carbocycles. The Morgan fingerprint density at radius 1 is 1.10 bits per heavy atom. The predicted molar refractivity (Wildman–Crippen MR) is 78.2 cm³/mol. The summed E-state index contributed by atoms with van der Waals surface area (Å²) in [5.41, 5.74) is 16.8. The molecule has 0 bridgehead atoms. The standard InChI is InChI=1S/C14H14N4O2/c1-19-10-4-6-14(20-2)11(8-10)9-3-5-13(17-18-16)12(15)7-9/h3-8H,15H2,1-2H3. The second-order valence-corrected chi connectivity index (χ2v) is 4.03. The van der Waals surface area contributed by atoms with Crippen molar-refractivity contribution in [3.63, 3.8) is 0 Å². The first kappa shape index (κ1) is 13.6. The van der Waals surface area contributed by atoms with Crippen molar-refractivity contribution >= 4 is 11.4 Å². The second kappa shape index (κ2) is 5.86. The SMILES string of the molecule is COc1ccc(OC)c(-c2ccc(N=[N+]=[N-])c(N)c2)c1. The Labute approximate surface area is 116 Å². The van der Waals surface area contributed by atoms with Gasteiger partial charge in [-0.2, -0.15) is 0 Å². The lowest BCUT2D eigenvalue weighted by Crippen LogP contribution is -1.92.